The molecule has 0 bridgehead atoms. The number of benzene rings is 1. The van der Waals surface area contributed by atoms with Crippen molar-refractivity contribution in [2.24, 2.45) is 5.73 Å². The van der Waals surface area contributed by atoms with Crippen LogP contribution in [0.25, 0.3) is 0 Å². The smallest absolute Gasteiger partial charge is 0.319 e. The Morgan fingerprint density at radius 2 is 2.22 bits per heavy atom. The quantitative estimate of drug-likeness (QED) is 0.746. The summed E-state index contributed by atoms with van der Waals surface area (Å²) < 4.78 is 11.0. The van der Waals surface area contributed by atoms with Crippen molar-refractivity contribution in [1.29, 1.82) is 0 Å². The van der Waals surface area contributed by atoms with Crippen molar-refractivity contribution in [3.63, 3.8) is 0 Å². The van der Waals surface area contributed by atoms with E-state index in [2.05, 4.69) is 10.6 Å². The van der Waals surface area contributed by atoms with Crippen LogP contribution < -0.4 is 16.4 Å². The Bertz CT molecular complexity index is 437. The Hall–Kier alpha value is -1.40. The maximum absolute atomic E-state index is 11.7. The van der Waals surface area contributed by atoms with Crippen molar-refractivity contribution in [1.82, 2.24) is 5.32 Å². The van der Waals surface area contributed by atoms with Crippen molar-refractivity contribution in [3.8, 4) is 0 Å². The summed E-state index contributed by atoms with van der Waals surface area (Å²) in [7, 11) is -0.923. The molecule has 5 nitrogen and oxygen atoms in total. The van der Waals surface area contributed by atoms with Crippen molar-refractivity contribution < 1.29 is 9.00 Å². The minimum Gasteiger partial charge on any atom is -0.334 e. The average Bonchev–Trinajstić information content (AvgIpc) is 2.27. The van der Waals surface area contributed by atoms with Gasteiger partial charge in [-0.15, -0.1) is 0 Å². The first kappa shape index (κ1) is 14.7. The van der Waals surface area contributed by atoms with E-state index in [0.717, 1.165) is 5.56 Å². The van der Waals surface area contributed by atoms with Crippen molar-refractivity contribution in [3.05, 3.63) is 29.8 Å². The summed E-state index contributed by atoms with van der Waals surface area (Å²) in [6, 6.07) is 6.91. The second kappa shape index (κ2) is 7.13. The van der Waals surface area contributed by atoms with Gasteiger partial charge in [-0.05, 0) is 24.6 Å². The van der Waals surface area contributed by atoms with Crippen molar-refractivity contribution in [2.75, 3.05) is 17.3 Å². The molecule has 2 atom stereocenters. The number of rotatable bonds is 5. The lowest BCUT2D eigenvalue weighted by Gasteiger charge is -2.13. The summed E-state index contributed by atoms with van der Waals surface area (Å²) >= 11 is 0. The van der Waals surface area contributed by atoms with E-state index >= 15 is 0 Å². The van der Waals surface area contributed by atoms with Crippen LogP contribution in [0.5, 0.6) is 0 Å². The lowest BCUT2D eigenvalue weighted by molar-refractivity contribution is 0.250. The zero-order chi connectivity index (χ0) is 13.5. The SMILES string of the molecule is CC(CS(C)=O)NC(=O)Nc1cccc(CN)c1. The van der Waals surface area contributed by atoms with Gasteiger partial charge in [0.15, 0.2) is 0 Å². The van der Waals surface area contributed by atoms with Crippen LogP contribution in [0, 0.1) is 0 Å². The van der Waals surface area contributed by atoms with E-state index in [-0.39, 0.29) is 12.1 Å². The van der Waals surface area contributed by atoms with Gasteiger partial charge in [0.25, 0.3) is 0 Å². The van der Waals surface area contributed by atoms with E-state index in [4.69, 9.17) is 5.73 Å². The molecule has 0 aliphatic carbocycles. The zero-order valence-corrected chi connectivity index (χ0v) is 11.4. The lowest BCUT2D eigenvalue weighted by Crippen LogP contribution is -2.39. The van der Waals surface area contributed by atoms with Gasteiger partial charge in [-0.1, -0.05) is 12.1 Å². The number of nitrogens with two attached hydrogens (primary N) is 1. The fourth-order valence-electron chi connectivity index (χ4n) is 1.56. The van der Waals surface area contributed by atoms with Gasteiger partial charge in [0.05, 0.1) is 0 Å². The third kappa shape index (κ3) is 5.29. The van der Waals surface area contributed by atoms with Crippen LogP contribution in [0.4, 0.5) is 10.5 Å². The summed E-state index contributed by atoms with van der Waals surface area (Å²) in [6.45, 7) is 2.25. The number of nitrogens with one attached hydrogen (secondary N) is 2. The summed E-state index contributed by atoms with van der Waals surface area (Å²) in [5, 5.41) is 5.44. The van der Waals surface area contributed by atoms with Gasteiger partial charge in [-0.3, -0.25) is 4.21 Å². The first-order valence-corrected chi connectivity index (χ1v) is 7.40. The number of urea groups is 1. The second-order valence-electron chi connectivity index (χ2n) is 4.14. The van der Waals surface area contributed by atoms with Crippen molar-refractivity contribution in [2.45, 2.75) is 19.5 Å². The number of carbonyl (C=O) groups is 1. The monoisotopic (exact) mass is 269 g/mol. The first-order valence-electron chi connectivity index (χ1n) is 5.68. The molecule has 0 saturated carbocycles. The van der Waals surface area contributed by atoms with Gasteiger partial charge in [0.2, 0.25) is 0 Å². The number of carbonyl (C=O) groups excluding carboxylic acids is 1. The van der Waals surface area contributed by atoms with Gasteiger partial charge < -0.3 is 16.4 Å². The summed E-state index contributed by atoms with van der Waals surface area (Å²) in [4.78, 5) is 11.7. The van der Waals surface area contributed by atoms with Crippen LogP contribution in [-0.2, 0) is 17.3 Å². The lowest BCUT2D eigenvalue weighted by atomic mass is 10.2. The fourth-order valence-corrected chi connectivity index (χ4v) is 2.35. The summed E-state index contributed by atoms with van der Waals surface area (Å²) in [5.41, 5.74) is 7.17. The van der Waals surface area contributed by atoms with Crippen LogP contribution in [0.3, 0.4) is 0 Å². The highest BCUT2D eigenvalue weighted by Gasteiger charge is 2.08. The Balaban J connectivity index is 2.51. The molecular weight excluding hydrogens is 250 g/mol. The molecule has 0 saturated heterocycles. The molecule has 100 valence electrons. The molecule has 1 aromatic carbocycles. The number of hydrogen-bond donors (Lipinski definition) is 3. The summed E-state index contributed by atoms with van der Waals surface area (Å²) in [6.07, 6.45) is 1.61. The van der Waals surface area contributed by atoms with Gasteiger partial charge >= 0.3 is 6.03 Å². The molecular formula is C12H19N3O2S. The molecule has 0 spiro atoms. The van der Waals surface area contributed by atoms with E-state index in [1.54, 1.807) is 12.3 Å². The molecule has 0 heterocycles. The van der Waals surface area contributed by atoms with Crippen molar-refractivity contribution >= 4 is 22.5 Å². The standard InChI is InChI=1S/C12H19N3O2S/c1-9(8-18(2)17)14-12(16)15-11-5-3-4-10(6-11)7-13/h3-6,9H,7-8,13H2,1-2H3,(H2,14,15,16). The Morgan fingerprint density at radius 3 is 2.83 bits per heavy atom. The Kier molecular flexibility index (Phi) is 5.80. The predicted octanol–water partition coefficient (Wildman–Crippen LogP) is 1.03. The topological polar surface area (TPSA) is 84.2 Å². The minimum atomic E-state index is -0.923. The summed E-state index contributed by atoms with van der Waals surface area (Å²) in [5.74, 6) is 0.441. The molecule has 2 unspecified atom stereocenters. The van der Waals surface area contributed by atoms with E-state index in [9.17, 15) is 9.00 Å². The average molecular weight is 269 g/mol. The third-order valence-electron chi connectivity index (χ3n) is 2.28. The number of amides is 2. The van der Waals surface area contributed by atoms with E-state index in [1.807, 2.05) is 25.1 Å². The molecule has 1 aromatic rings. The van der Waals surface area contributed by atoms with E-state index in [0.29, 0.717) is 18.0 Å². The number of anilines is 1. The molecule has 0 aliphatic rings. The van der Waals surface area contributed by atoms with Crippen LogP contribution in [0.1, 0.15) is 12.5 Å². The van der Waals surface area contributed by atoms with Gasteiger partial charge in [-0.25, -0.2) is 4.79 Å². The normalized spacial score (nSPS) is 13.7. The third-order valence-corrected chi connectivity index (χ3v) is 3.25. The molecule has 1 rings (SSSR count). The van der Waals surface area contributed by atoms with Gasteiger partial charge in [0, 0.05) is 41.1 Å². The van der Waals surface area contributed by atoms with Gasteiger partial charge in [-0.2, -0.15) is 0 Å². The number of hydrogen-bond acceptors (Lipinski definition) is 3. The predicted molar refractivity (Wildman–Crippen MR) is 74.9 cm³/mol. The fraction of sp³-hybridized carbons (Fsp3) is 0.417. The molecule has 2 amide bonds. The molecule has 18 heavy (non-hydrogen) atoms. The first-order chi connectivity index (χ1) is 8.51. The highest BCUT2D eigenvalue weighted by atomic mass is 32.2. The van der Waals surface area contributed by atoms with Gasteiger partial charge in [0.1, 0.15) is 0 Å². The Labute approximate surface area is 110 Å². The van der Waals surface area contributed by atoms with Crippen LogP contribution in [0.15, 0.2) is 24.3 Å². The van der Waals surface area contributed by atoms with E-state index < -0.39 is 10.8 Å². The van der Waals surface area contributed by atoms with Crippen LogP contribution in [0.2, 0.25) is 0 Å². The molecule has 0 aromatic heterocycles. The minimum absolute atomic E-state index is 0.131. The highest BCUT2D eigenvalue weighted by molar-refractivity contribution is 7.84. The second-order valence-corrected chi connectivity index (χ2v) is 5.62. The highest BCUT2D eigenvalue weighted by Crippen LogP contribution is 2.09. The maximum atomic E-state index is 11.7. The molecule has 6 heteroatoms. The largest absolute Gasteiger partial charge is 0.334 e. The molecule has 0 aliphatic heterocycles. The van der Waals surface area contributed by atoms with Crippen LogP contribution >= 0.6 is 0 Å². The van der Waals surface area contributed by atoms with Crippen LogP contribution in [-0.4, -0.2) is 28.3 Å². The Morgan fingerprint density at radius 1 is 1.50 bits per heavy atom. The zero-order valence-electron chi connectivity index (χ0n) is 10.6. The van der Waals surface area contributed by atoms with E-state index in [1.165, 1.54) is 0 Å². The maximum Gasteiger partial charge on any atom is 0.319 e. The molecule has 0 radical (unpaired) electrons. The molecule has 4 N–H and O–H groups in total. The molecule has 0 fully saturated rings.